The van der Waals surface area contributed by atoms with Crippen molar-refractivity contribution in [1.29, 1.82) is 0 Å². The number of halogens is 1. The van der Waals surface area contributed by atoms with Gasteiger partial charge in [0.1, 0.15) is 5.82 Å². The molecule has 0 aromatic carbocycles. The Morgan fingerprint density at radius 2 is 1.90 bits per heavy atom. The summed E-state index contributed by atoms with van der Waals surface area (Å²) in [7, 11) is 0. The number of anilines is 1. The fourth-order valence-corrected chi connectivity index (χ4v) is 2.23. The molecular formula is C17H28ClN3. The van der Waals surface area contributed by atoms with E-state index >= 15 is 0 Å². The molecule has 1 rings (SSSR count). The fourth-order valence-electron chi connectivity index (χ4n) is 1.94. The van der Waals surface area contributed by atoms with E-state index in [2.05, 4.69) is 63.3 Å². The van der Waals surface area contributed by atoms with Crippen LogP contribution < -0.4 is 10.2 Å². The van der Waals surface area contributed by atoms with Crippen molar-refractivity contribution < 1.29 is 0 Å². The molecule has 0 bridgehead atoms. The number of pyridine rings is 1. The number of aromatic nitrogens is 1. The Morgan fingerprint density at radius 3 is 2.33 bits per heavy atom. The molecule has 0 unspecified atom stereocenters. The molecule has 0 fully saturated rings. The van der Waals surface area contributed by atoms with Crippen LogP contribution in [0.4, 0.5) is 5.82 Å². The summed E-state index contributed by atoms with van der Waals surface area (Å²) in [5.41, 5.74) is 1.10. The molecule has 4 heteroatoms. The average molecular weight is 310 g/mol. The highest BCUT2D eigenvalue weighted by Gasteiger charge is 2.23. The highest BCUT2D eigenvalue weighted by atomic mass is 35.5. The van der Waals surface area contributed by atoms with Gasteiger partial charge in [-0.05, 0) is 53.2 Å². The van der Waals surface area contributed by atoms with Crippen molar-refractivity contribution in [1.82, 2.24) is 10.3 Å². The van der Waals surface area contributed by atoms with E-state index in [1.165, 1.54) is 0 Å². The van der Waals surface area contributed by atoms with E-state index in [9.17, 15) is 0 Å². The molecule has 0 aliphatic rings. The molecule has 0 radical (unpaired) electrons. The Morgan fingerprint density at radius 1 is 1.29 bits per heavy atom. The fraction of sp³-hybridized carbons (Fsp3) is 0.588. The minimum Gasteiger partial charge on any atom is -0.347 e. The zero-order chi connectivity index (χ0) is 16.3. The molecule has 1 heterocycles. The molecule has 1 aromatic rings. The van der Waals surface area contributed by atoms with E-state index in [0.29, 0.717) is 5.02 Å². The van der Waals surface area contributed by atoms with Gasteiger partial charge in [0.25, 0.3) is 0 Å². The predicted octanol–water partition coefficient (Wildman–Crippen LogP) is 4.41. The molecule has 21 heavy (non-hydrogen) atoms. The molecule has 0 aliphatic heterocycles. The monoisotopic (exact) mass is 309 g/mol. The Hall–Kier alpha value is -1.06. The number of hydrogen-bond acceptors (Lipinski definition) is 3. The molecule has 1 aromatic heterocycles. The van der Waals surface area contributed by atoms with E-state index < -0.39 is 0 Å². The first-order valence-electron chi connectivity index (χ1n) is 7.32. The average Bonchev–Trinajstić information content (AvgIpc) is 2.32. The molecule has 0 aliphatic carbocycles. The number of rotatable bonds is 5. The summed E-state index contributed by atoms with van der Waals surface area (Å²) in [5.74, 6) is 0.809. The van der Waals surface area contributed by atoms with Crippen LogP contribution in [0.5, 0.6) is 0 Å². The summed E-state index contributed by atoms with van der Waals surface area (Å²) in [6, 6.07) is 1.99. The first-order valence-corrected chi connectivity index (χ1v) is 7.70. The summed E-state index contributed by atoms with van der Waals surface area (Å²) in [6.45, 7) is 18.1. The second kappa shape index (κ2) is 6.80. The first kappa shape index (κ1) is 18.0. The largest absolute Gasteiger partial charge is 0.347 e. The molecule has 3 nitrogen and oxygen atoms in total. The lowest BCUT2D eigenvalue weighted by Gasteiger charge is -2.36. The Labute approximate surface area is 134 Å². The minimum atomic E-state index is -0.0595. The number of nitrogens with one attached hydrogen (secondary N) is 1. The quantitative estimate of drug-likeness (QED) is 0.816. The Balaban J connectivity index is 2.98. The Kier molecular flexibility index (Phi) is 5.83. The van der Waals surface area contributed by atoms with Gasteiger partial charge in [0.05, 0.1) is 5.02 Å². The lowest BCUT2D eigenvalue weighted by Crippen LogP contribution is -2.42. The summed E-state index contributed by atoms with van der Waals surface area (Å²) in [4.78, 5) is 6.73. The van der Waals surface area contributed by atoms with E-state index in [1.807, 2.05) is 18.3 Å². The third kappa shape index (κ3) is 5.68. The van der Waals surface area contributed by atoms with Gasteiger partial charge in [-0.2, -0.15) is 0 Å². The lowest BCUT2D eigenvalue weighted by molar-refractivity contribution is 0.424. The number of nitrogens with zero attached hydrogens (tertiary/aromatic N) is 2. The highest BCUT2D eigenvalue weighted by molar-refractivity contribution is 6.33. The van der Waals surface area contributed by atoms with Crippen LogP contribution in [-0.4, -0.2) is 22.6 Å². The highest BCUT2D eigenvalue weighted by Crippen LogP contribution is 2.29. The third-order valence-electron chi connectivity index (χ3n) is 3.08. The second-order valence-electron chi connectivity index (χ2n) is 7.32. The van der Waals surface area contributed by atoms with Gasteiger partial charge in [-0.15, -0.1) is 6.58 Å². The molecule has 0 saturated heterocycles. The molecule has 0 atom stereocenters. The van der Waals surface area contributed by atoms with Crippen molar-refractivity contribution in [2.24, 2.45) is 0 Å². The number of hydrogen-bond donors (Lipinski definition) is 1. The van der Waals surface area contributed by atoms with Gasteiger partial charge < -0.3 is 10.2 Å². The van der Waals surface area contributed by atoms with Gasteiger partial charge >= 0.3 is 0 Å². The van der Waals surface area contributed by atoms with Crippen LogP contribution in [0.2, 0.25) is 5.02 Å². The van der Waals surface area contributed by atoms with Gasteiger partial charge in [-0.1, -0.05) is 17.7 Å². The second-order valence-corrected chi connectivity index (χ2v) is 7.73. The third-order valence-corrected chi connectivity index (χ3v) is 3.36. The minimum absolute atomic E-state index is 0.0595. The zero-order valence-electron chi connectivity index (χ0n) is 14.1. The van der Waals surface area contributed by atoms with Crippen molar-refractivity contribution in [2.45, 2.75) is 59.2 Å². The molecule has 0 spiro atoms. The lowest BCUT2D eigenvalue weighted by atomic mass is 10.1. The maximum atomic E-state index is 6.45. The summed E-state index contributed by atoms with van der Waals surface area (Å²) >= 11 is 6.45. The van der Waals surface area contributed by atoms with Crippen LogP contribution >= 0.6 is 11.6 Å². The van der Waals surface area contributed by atoms with Gasteiger partial charge in [-0.3, -0.25) is 0 Å². The molecule has 118 valence electrons. The maximum Gasteiger partial charge on any atom is 0.148 e. The topological polar surface area (TPSA) is 28.2 Å². The first-order chi connectivity index (χ1) is 9.54. The molecular weight excluding hydrogens is 282 g/mol. The van der Waals surface area contributed by atoms with E-state index in [4.69, 9.17) is 11.6 Å². The van der Waals surface area contributed by atoms with E-state index in [1.54, 1.807) is 0 Å². The van der Waals surface area contributed by atoms with Gasteiger partial charge in [0.15, 0.2) is 0 Å². The summed E-state index contributed by atoms with van der Waals surface area (Å²) < 4.78 is 0. The van der Waals surface area contributed by atoms with Crippen LogP contribution in [0.15, 0.2) is 24.9 Å². The molecule has 1 N–H and O–H groups in total. The van der Waals surface area contributed by atoms with Crippen molar-refractivity contribution in [3.8, 4) is 0 Å². The van der Waals surface area contributed by atoms with Gasteiger partial charge in [-0.25, -0.2) is 4.98 Å². The van der Waals surface area contributed by atoms with Crippen molar-refractivity contribution in [3.05, 3.63) is 35.5 Å². The van der Waals surface area contributed by atoms with Crippen molar-refractivity contribution >= 4 is 17.4 Å². The molecule has 0 saturated carbocycles. The summed E-state index contributed by atoms with van der Waals surface area (Å²) in [6.07, 6.45) is 3.76. The van der Waals surface area contributed by atoms with Gasteiger partial charge in [0, 0.05) is 30.4 Å². The summed E-state index contributed by atoms with van der Waals surface area (Å²) in [5, 5.41) is 4.12. The van der Waals surface area contributed by atoms with Gasteiger partial charge in [0.2, 0.25) is 0 Å². The predicted molar refractivity (Wildman–Crippen MR) is 93.1 cm³/mol. The van der Waals surface area contributed by atoms with Crippen LogP contribution in [0, 0.1) is 0 Å². The SMILES string of the molecule is C=CCN(c1ncc(CNC(C)(C)C)cc1Cl)C(C)(C)C. The van der Waals surface area contributed by atoms with E-state index in [0.717, 1.165) is 24.5 Å². The van der Waals surface area contributed by atoms with Crippen molar-refractivity contribution in [2.75, 3.05) is 11.4 Å². The van der Waals surface area contributed by atoms with Crippen LogP contribution in [0.1, 0.15) is 47.1 Å². The zero-order valence-corrected chi connectivity index (χ0v) is 14.9. The Bertz CT molecular complexity index is 484. The van der Waals surface area contributed by atoms with Crippen LogP contribution in [-0.2, 0) is 6.54 Å². The van der Waals surface area contributed by atoms with Crippen molar-refractivity contribution in [3.63, 3.8) is 0 Å². The smallest absolute Gasteiger partial charge is 0.148 e. The van der Waals surface area contributed by atoms with Crippen LogP contribution in [0.25, 0.3) is 0 Å². The normalized spacial score (nSPS) is 12.3. The molecule has 0 amide bonds. The van der Waals surface area contributed by atoms with Crippen LogP contribution in [0.3, 0.4) is 0 Å². The van der Waals surface area contributed by atoms with E-state index in [-0.39, 0.29) is 11.1 Å². The maximum absolute atomic E-state index is 6.45. The standard InChI is InChI=1S/C17H28ClN3/c1-8-9-21(17(5,6)7)15-14(18)10-13(11-19-15)12-20-16(2,3)4/h8,10-11,20H,1,9,12H2,2-7H3.